The number of morpholine rings is 1. The van der Waals surface area contributed by atoms with Crippen molar-refractivity contribution in [1.29, 1.82) is 0 Å². The van der Waals surface area contributed by atoms with Crippen LogP contribution in [-0.2, 0) is 4.74 Å². The van der Waals surface area contributed by atoms with E-state index in [4.69, 9.17) is 30.8 Å². The average molecular weight is 484 g/mol. The van der Waals surface area contributed by atoms with Crippen LogP contribution in [0.5, 0.6) is 11.5 Å². The van der Waals surface area contributed by atoms with Crippen LogP contribution in [0.3, 0.4) is 0 Å². The molecule has 2 aromatic carbocycles. The summed E-state index contributed by atoms with van der Waals surface area (Å²) in [7, 11) is 3.25. The first-order chi connectivity index (χ1) is 16.6. The minimum absolute atomic E-state index is 0.0303. The molecule has 4 rings (SSSR count). The topological polar surface area (TPSA) is 59.3 Å². The first-order valence-corrected chi connectivity index (χ1v) is 12.1. The third kappa shape index (κ3) is 5.81. The second kappa shape index (κ2) is 11.6. The molecular formula is C26H33N3O4S. The molecule has 1 N–H and O–H groups in total. The van der Waals surface area contributed by atoms with Crippen molar-refractivity contribution in [1.82, 2.24) is 9.80 Å². The van der Waals surface area contributed by atoms with Gasteiger partial charge in [-0.1, -0.05) is 18.2 Å². The minimum atomic E-state index is -0.0303. The lowest BCUT2D eigenvalue weighted by atomic mass is 10.2. The van der Waals surface area contributed by atoms with Gasteiger partial charge < -0.3 is 28.8 Å². The standard InChI is InChI=1S/C26H33N3O4S/c1-19(24-17-20-7-4-5-8-22(20)33-24)29(12-6-11-28-13-15-32-16-14-28)26(34)27-21-9-10-23(30-2)25(18-21)31-3/h4-5,7-10,17-19H,6,11-16H2,1-3H3,(H,27,34)/t19-/m1/s1. The predicted octanol–water partition coefficient (Wildman–Crippen LogP) is 4.93. The molecular weight excluding hydrogens is 450 g/mol. The van der Waals surface area contributed by atoms with Gasteiger partial charge in [0.2, 0.25) is 0 Å². The van der Waals surface area contributed by atoms with E-state index >= 15 is 0 Å². The number of nitrogens with one attached hydrogen (secondary N) is 1. The summed E-state index contributed by atoms with van der Waals surface area (Å²) < 4.78 is 22.5. The number of nitrogens with zero attached hydrogens (tertiary/aromatic N) is 2. The third-order valence-electron chi connectivity index (χ3n) is 6.20. The van der Waals surface area contributed by atoms with Crippen LogP contribution in [0.15, 0.2) is 52.9 Å². The maximum Gasteiger partial charge on any atom is 0.174 e. The molecule has 2 heterocycles. The predicted molar refractivity (Wildman–Crippen MR) is 139 cm³/mol. The van der Waals surface area contributed by atoms with Gasteiger partial charge >= 0.3 is 0 Å². The number of para-hydroxylation sites is 1. The fourth-order valence-corrected chi connectivity index (χ4v) is 4.60. The molecule has 1 aromatic heterocycles. The number of ether oxygens (including phenoxy) is 3. The fraction of sp³-hybridized carbons (Fsp3) is 0.423. The second-order valence-corrected chi connectivity index (χ2v) is 8.75. The number of benzene rings is 2. The number of hydrogen-bond acceptors (Lipinski definition) is 6. The number of anilines is 1. The smallest absolute Gasteiger partial charge is 0.174 e. The Hall–Kier alpha value is -2.81. The summed E-state index contributed by atoms with van der Waals surface area (Å²) >= 11 is 5.89. The largest absolute Gasteiger partial charge is 0.493 e. The van der Waals surface area contributed by atoms with E-state index in [1.54, 1.807) is 14.2 Å². The summed E-state index contributed by atoms with van der Waals surface area (Å²) in [4.78, 5) is 4.64. The van der Waals surface area contributed by atoms with Crippen molar-refractivity contribution in [2.24, 2.45) is 0 Å². The van der Waals surface area contributed by atoms with E-state index < -0.39 is 0 Å². The third-order valence-corrected chi connectivity index (χ3v) is 6.53. The maximum absolute atomic E-state index is 6.18. The van der Waals surface area contributed by atoms with Gasteiger partial charge in [-0.3, -0.25) is 4.90 Å². The zero-order chi connectivity index (χ0) is 23.9. The maximum atomic E-state index is 6.18. The van der Waals surface area contributed by atoms with Gasteiger partial charge in [-0.15, -0.1) is 0 Å². The summed E-state index contributed by atoms with van der Waals surface area (Å²) in [5.74, 6) is 2.22. The highest BCUT2D eigenvalue weighted by atomic mass is 32.1. The lowest BCUT2D eigenvalue weighted by Gasteiger charge is -2.32. The highest BCUT2D eigenvalue weighted by Crippen LogP contribution is 2.31. The van der Waals surface area contributed by atoms with Crippen LogP contribution < -0.4 is 14.8 Å². The van der Waals surface area contributed by atoms with Crippen molar-refractivity contribution >= 4 is 34.0 Å². The number of fused-ring (bicyclic) bond motifs is 1. The molecule has 0 amide bonds. The van der Waals surface area contributed by atoms with Crippen LogP contribution in [-0.4, -0.2) is 68.5 Å². The molecule has 0 bridgehead atoms. The van der Waals surface area contributed by atoms with Gasteiger partial charge in [0.25, 0.3) is 0 Å². The van der Waals surface area contributed by atoms with E-state index in [1.807, 2.05) is 36.4 Å². The number of furan rings is 1. The Morgan fingerprint density at radius 1 is 1.09 bits per heavy atom. The highest BCUT2D eigenvalue weighted by molar-refractivity contribution is 7.80. The SMILES string of the molecule is COc1ccc(NC(=S)N(CCCN2CCOCC2)[C@H](C)c2cc3ccccc3o2)cc1OC. The van der Waals surface area contributed by atoms with Crippen molar-refractivity contribution in [2.75, 3.05) is 58.9 Å². The van der Waals surface area contributed by atoms with Gasteiger partial charge in [0.05, 0.1) is 33.5 Å². The zero-order valence-corrected chi connectivity index (χ0v) is 20.9. The Morgan fingerprint density at radius 2 is 1.85 bits per heavy atom. The average Bonchev–Trinajstić information content (AvgIpc) is 3.31. The fourth-order valence-electron chi connectivity index (χ4n) is 4.23. The Labute approximate surface area is 206 Å². The molecule has 8 heteroatoms. The van der Waals surface area contributed by atoms with Crippen LogP contribution in [0.2, 0.25) is 0 Å². The Balaban J connectivity index is 1.51. The van der Waals surface area contributed by atoms with Gasteiger partial charge in [0.15, 0.2) is 16.6 Å². The van der Waals surface area contributed by atoms with Crippen LogP contribution in [0, 0.1) is 0 Å². The van der Waals surface area contributed by atoms with Crippen LogP contribution in [0.4, 0.5) is 5.69 Å². The van der Waals surface area contributed by atoms with Crippen molar-refractivity contribution in [3.05, 3.63) is 54.3 Å². The minimum Gasteiger partial charge on any atom is -0.493 e. The first kappa shape index (κ1) is 24.3. The van der Waals surface area contributed by atoms with Crippen molar-refractivity contribution < 1.29 is 18.6 Å². The number of hydrogen-bond donors (Lipinski definition) is 1. The first-order valence-electron chi connectivity index (χ1n) is 11.7. The Bertz CT molecular complexity index is 1060. The van der Waals surface area contributed by atoms with E-state index in [0.717, 1.165) is 68.2 Å². The highest BCUT2D eigenvalue weighted by Gasteiger charge is 2.23. The zero-order valence-electron chi connectivity index (χ0n) is 20.1. The Morgan fingerprint density at radius 3 is 2.59 bits per heavy atom. The Kier molecular flexibility index (Phi) is 8.26. The lowest BCUT2D eigenvalue weighted by molar-refractivity contribution is 0.0365. The van der Waals surface area contributed by atoms with Gasteiger partial charge in [0.1, 0.15) is 11.3 Å². The van der Waals surface area contributed by atoms with Crippen molar-refractivity contribution in [3.8, 4) is 11.5 Å². The monoisotopic (exact) mass is 483 g/mol. The summed E-state index contributed by atoms with van der Waals surface area (Å²) in [6.07, 6.45) is 0.984. The summed E-state index contributed by atoms with van der Waals surface area (Å²) in [6, 6.07) is 15.8. The van der Waals surface area contributed by atoms with E-state index in [1.165, 1.54) is 0 Å². The van der Waals surface area contributed by atoms with Gasteiger partial charge in [0, 0.05) is 43.3 Å². The molecule has 1 atom stereocenters. The summed E-state index contributed by atoms with van der Waals surface area (Å²) in [5, 5.41) is 5.12. The van der Waals surface area contributed by atoms with Gasteiger partial charge in [-0.25, -0.2) is 0 Å². The molecule has 0 radical (unpaired) electrons. The normalized spacial score (nSPS) is 15.1. The molecule has 0 aliphatic carbocycles. The van der Waals surface area contributed by atoms with E-state index in [0.29, 0.717) is 16.6 Å². The number of thiocarbonyl (C=S) groups is 1. The molecule has 34 heavy (non-hydrogen) atoms. The number of methoxy groups -OCH3 is 2. The number of rotatable bonds is 9. The molecule has 1 saturated heterocycles. The molecule has 0 saturated carbocycles. The van der Waals surface area contributed by atoms with Crippen LogP contribution in [0.25, 0.3) is 11.0 Å². The second-order valence-electron chi connectivity index (χ2n) is 8.36. The molecule has 1 aliphatic rings. The van der Waals surface area contributed by atoms with Gasteiger partial charge in [-0.2, -0.15) is 0 Å². The summed E-state index contributed by atoms with van der Waals surface area (Å²) in [6.45, 7) is 7.51. The van der Waals surface area contributed by atoms with Crippen LogP contribution >= 0.6 is 12.2 Å². The van der Waals surface area contributed by atoms with E-state index in [9.17, 15) is 0 Å². The molecule has 1 fully saturated rings. The van der Waals surface area contributed by atoms with E-state index in [2.05, 4.69) is 34.2 Å². The summed E-state index contributed by atoms with van der Waals surface area (Å²) in [5.41, 5.74) is 1.73. The molecule has 0 spiro atoms. The van der Waals surface area contributed by atoms with Crippen molar-refractivity contribution in [2.45, 2.75) is 19.4 Å². The van der Waals surface area contributed by atoms with Crippen LogP contribution in [0.1, 0.15) is 25.1 Å². The van der Waals surface area contributed by atoms with Crippen molar-refractivity contribution in [3.63, 3.8) is 0 Å². The van der Waals surface area contributed by atoms with Gasteiger partial charge in [-0.05, 0) is 49.8 Å². The quantitative estimate of drug-likeness (QED) is 0.430. The lowest BCUT2D eigenvalue weighted by Crippen LogP contribution is -2.41. The molecule has 1 aliphatic heterocycles. The van der Waals surface area contributed by atoms with E-state index in [-0.39, 0.29) is 6.04 Å². The molecule has 0 unspecified atom stereocenters. The molecule has 3 aromatic rings. The molecule has 182 valence electrons. The molecule has 7 nitrogen and oxygen atoms in total.